The van der Waals surface area contributed by atoms with E-state index in [4.69, 9.17) is 11.6 Å². The van der Waals surface area contributed by atoms with E-state index in [9.17, 15) is 31.9 Å². The van der Waals surface area contributed by atoms with Gasteiger partial charge in [-0.25, -0.2) is 26.8 Å². The van der Waals surface area contributed by atoms with Crippen LogP contribution in [0.3, 0.4) is 0 Å². The first-order chi connectivity index (χ1) is 17.4. The highest BCUT2D eigenvalue weighted by molar-refractivity contribution is 7.99. The van der Waals surface area contributed by atoms with E-state index in [0.717, 1.165) is 23.3 Å². The van der Waals surface area contributed by atoms with Crippen molar-refractivity contribution in [1.29, 1.82) is 0 Å². The first-order valence-corrected chi connectivity index (χ1v) is 14.6. The summed E-state index contributed by atoms with van der Waals surface area (Å²) in [5.74, 6) is -1.21. The molecule has 1 amide bonds. The van der Waals surface area contributed by atoms with Gasteiger partial charge >= 0.3 is 11.8 Å². The van der Waals surface area contributed by atoms with E-state index in [0.29, 0.717) is 33.7 Å². The second-order valence-electron chi connectivity index (χ2n) is 8.97. The Kier molecular flexibility index (Phi) is 6.57. The molecule has 1 saturated heterocycles. The van der Waals surface area contributed by atoms with Gasteiger partial charge in [-0.2, -0.15) is 4.98 Å². The minimum Gasteiger partial charge on any atom is -0.465 e. The van der Waals surface area contributed by atoms with Gasteiger partial charge in [0.05, 0.1) is 22.3 Å². The van der Waals surface area contributed by atoms with E-state index in [1.807, 2.05) is 0 Å². The molecule has 9 nitrogen and oxygen atoms in total. The molecule has 1 atom stereocenters. The molecule has 2 aliphatic heterocycles. The lowest BCUT2D eigenvalue weighted by molar-refractivity contribution is 0.136. The fourth-order valence-corrected chi connectivity index (χ4v) is 7.46. The topological polar surface area (TPSA) is 113 Å². The maximum atomic E-state index is 14.8. The summed E-state index contributed by atoms with van der Waals surface area (Å²) in [6.07, 6.45) is -0.115. The van der Waals surface area contributed by atoms with Crippen molar-refractivity contribution in [2.24, 2.45) is 0 Å². The van der Waals surface area contributed by atoms with Gasteiger partial charge < -0.3 is 14.9 Å². The molecule has 0 saturated carbocycles. The molecule has 2 aromatic carbocycles. The summed E-state index contributed by atoms with van der Waals surface area (Å²) in [6.45, 7) is 0.429. The summed E-state index contributed by atoms with van der Waals surface area (Å²) in [4.78, 5) is 32.3. The van der Waals surface area contributed by atoms with E-state index in [2.05, 4.69) is 4.98 Å². The van der Waals surface area contributed by atoms with Crippen molar-refractivity contribution in [3.8, 4) is 11.1 Å². The number of rotatable bonds is 4. The average Bonchev–Trinajstić information content (AvgIpc) is 2.81. The number of benzene rings is 2. The van der Waals surface area contributed by atoms with Crippen LogP contribution in [-0.4, -0.2) is 77.5 Å². The number of anilines is 1. The van der Waals surface area contributed by atoms with Gasteiger partial charge in [0.1, 0.15) is 27.3 Å². The molecule has 3 aromatic rings. The summed E-state index contributed by atoms with van der Waals surface area (Å²) < 4.78 is 54.3. The van der Waals surface area contributed by atoms with E-state index in [1.165, 1.54) is 22.4 Å². The lowest BCUT2D eigenvalue weighted by Crippen LogP contribution is -2.57. The Bertz CT molecular complexity index is 1620. The molecule has 1 aromatic heterocycles. The van der Waals surface area contributed by atoms with Crippen LogP contribution in [0.1, 0.15) is 0 Å². The first-order valence-electron chi connectivity index (χ1n) is 11.2. The highest BCUT2D eigenvalue weighted by atomic mass is 35.5. The zero-order chi connectivity index (χ0) is 26.6. The largest absolute Gasteiger partial charge is 0.465 e. The summed E-state index contributed by atoms with van der Waals surface area (Å²) in [6, 6.07) is 3.93. The fraction of sp³-hybridized carbons (Fsp3) is 0.348. The summed E-state index contributed by atoms with van der Waals surface area (Å²) in [5, 5.41) is 10.1. The van der Waals surface area contributed by atoms with Crippen molar-refractivity contribution in [3.05, 3.63) is 51.4 Å². The van der Waals surface area contributed by atoms with Crippen LogP contribution in [0.15, 0.2) is 34.0 Å². The number of amides is 1. The summed E-state index contributed by atoms with van der Waals surface area (Å²) >= 11 is 8.06. The lowest BCUT2D eigenvalue weighted by atomic mass is 10.0. The predicted octanol–water partition coefficient (Wildman–Crippen LogP) is 3.31. The Balaban J connectivity index is 1.75. The third-order valence-electron chi connectivity index (χ3n) is 6.43. The second kappa shape index (κ2) is 9.44. The van der Waals surface area contributed by atoms with E-state index in [1.54, 1.807) is 11.0 Å². The van der Waals surface area contributed by atoms with Gasteiger partial charge in [-0.3, -0.25) is 4.57 Å². The summed E-state index contributed by atoms with van der Waals surface area (Å²) in [7, 11) is -3.52. The van der Waals surface area contributed by atoms with Crippen molar-refractivity contribution >= 4 is 56.0 Å². The van der Waals surface area contributed by atoms with Crippen molar-refractivity contribution in [3.63, 3.8) is 0 Å². The number of carbonyl (C=O) groups is 1. The van der Waals surface area contributed by atoms with Crippen LogP contribution < -0.4 is 10.6 Å². The van der Waals surface area contributed by atoms with Gasteiger partial charge in [0, 0.05) is 65.7 Å². The smallest absolute Gasteiger partial charge is 0.407 e. The molecule has 0 radical (unpaired) electrons. The number of hydrogen-bond acceptors (Lipinski definition) is 7. The van der Waals surface area contributed by atoms with Crippen LogP contribution in [0, 0.1) is 11.6 Å². The van der Waals surface area contributed by atoms with Crippen LogP contribution in [0.4, 0.5) is 19.4 Å². The molecule has 0 aliphatic carbocycles. The Hall–Kier alpha value is -2.90. The number of hydrogen-bond donors (Lipinski definition) is 1. The van der Waals surface area contributed by atoms with Crippen LogP contribution >= 0.6 is 23.4 Å². The quantitative estimate of drug-likeness (QED) is 0.508. The Labute approximate surface area is 219 Å². The maximum absolute atomic E-state index is 14.8. The minimum absolute atomic E-state index is 0.0794. The van der Waals surface area contributed by atoms with E-state index in [-0.39, 0.29) is 41.8 Å². The number of thioether (sulfide) groups is 1. The number of aryl methyl sites for hydroxylation is 1. The zero-order valence-corrected chi connectivity index (χ0v) is 21.8. The molecule has 37 heavy (non-hydrogen) atoms. The average molecular weight is 571 g/mol. The maximum Gasteiger partial charge on any atom is 0.407 e. The highest BCUT2D eigenvalue weighted by Gasteiger charge is 2.35. The Morgan fingerprint density at radius 1 is 1.24 bits per heavy atom. The number of nitrogens with zero attached hydrogens (tertiary/aromatic N) is 4. The summed E-state index contributed by atoms with van der Waals surface area (Å²) in [5.41, 5.74) is 0.300. The number of piperazine rings is 1. The highest BCUT2D eigenvalue weighted by Crippen LogP contribution is 2.46. The van der Waals surface area contributed by atoms with Gasteiger partial charge in [-0.15, -0.1) is 11.8 Å². The van der Waals surface area contributed by atoms with Crippen LogP contribution in [0.2, 0.25) is 5.02 Å². The molecule has 1 N–H and O–H groups in total. The SMILES string of the molecule is CS(=O)(=O)C[C@H]1CN(C(=O)O)CCN1c1nc(=O)n2c3c(c(-c4ccc(F)cc4F)c(Cl)cc13)SCC2. The number of halogens is 3. The minimum atomic E-state index is -3.52. The Morgan fingerprint density at radius 3 is 2.68 bits per heavy atom. The molecule has 5 rings (SSSR count). The van der Waals surface area contributed by atoms with Gasteiger partial charge in [0.25, 0.3) is 0 Å². The number of aromatic nitrogens is 2. The van der Waals surface area contributed by atoms with Gasteiger partial charge in [0.15, 0.2) is 0 Å². The molecule has 14 heteroatoms. The van der Waals surface area contributed by atoms with Gasteiger partial charge in [0.2, 0.25) is 0 Å². The fourth-order valence-electron chi connectivity index (χ4n) is 4.91. The zero-order valence-electron chi connectivity index (χ0n) is 19.4. The number of sulfone groups is 1. The normalized spacial score (nSPS) is 17.9. The standard InChI is InChI=1S/C23H21ClF2N4O5S2/c1-37(34,35)11-13-10-28(23(32)33)4-5-29(13)21-15-9-16(24)18(14-3-2-12(25)8-17(14)26)20-19(15)30(6-7-36-20)22(31)27-21/h2-3,8-9,13H,4-7,10-11H2,1H3,(H,32,33)/t13-/m1/s1. The third-order valence-corrected chi connectivity index (χ3v) is 8.79. The van der Waals surface area contributed by atoms with Crippen LogP contribution in [-0.2, 0) is 16.4 Å². The molecular weight excluding hydrogens is 550 g/mol. The second-order valence-corrected chi connectivity index (χ2v) is 12.7. The molecule has 3 heterocycles. The molecule has 0 unspecified atom stereocenters. The lowest BCUT2D eigenvalue weighted by Gasteiger charge is -2.41. The van der Waals surface area contributed by atoms with Crippen LogP contribution in [0.25, 0.3) is 22.0 Å². The van der Waals surface area contributed by atoms with Crippen molar-refractivity contribution in [1.82, 2.24) is 14.5 Å². The van der Waals surface area contributed by atoms with Crippen LogP contribution in [0.5, 0.6) is 0 Å². The van der Waals surface area contributed by atoms with Crippen molar-refractivity contribution in [2.45, 2.75) is 17.5 Å². The molecule has 0 spiro atoms. The number of carboxylic acid groups (broad SMARTS) is 1. The monoisotopic (exact) mass is 570 g/mol. The molecule has 1 fully saturated rings. The molecule has 2 aliphatic rings. The molecule has 0 bridgehead atoms. The first kappa shape index (κ1) is 25.7. The Morgan fingerprint density at radius 2 is 2.00 bits per heavy atom. The van der Waals surface area contributed by atoms with Gasteiger partial charge in [-0.1, -0.05) is 11.6 Å². The predicted molar refractivity (Wildman–Crippen MR) is 138 cm³/mol. The van der Waals surface area contributed by atoms with E-state index < -0.39 is 39.3 Å². The third kappa shape index (κ3) is 4.75. The molecule has 196 valence electrons. The van der Waals surface area contributed by atoms with Gasteiger partial charge in [-0.05, 0) is 18.2 Å². The van der Waals surface area contributed by atoms with Crippen molar-refractivity contribution in [2.75, 3.05) is 42.3 Å². The van der Waals surface area contributed by atoms with Crippen molar-refractivity contribution < 1.29 is 27.1 Å². The molecular formula is C23H21ClF2N4O5S2. The van der Waals surface area contributed by atoms with E-state index >= 15 is 0 Å².